The van der Waals surface area contributed by atoms with Crippen LogP contribution in [-0.2, 0) is 4.74 Å². The van der Waals surface area contributed by atoms with Crippen LogP contribution in [0.5, 0.6) is 0 Å². The van der Waals surface area contributed by atoms with Gasteiger partial charge < -0.3 is 10.5 Å². The van der Waals surface area contributed by atoms with Gasteiger partial charge in [-0.15, -0.1) is 0 Å². The summed E-state index contributed by atoms with van der Waals surface area (Å²) < 4.78 is 5.54. The molecule has 2 atom stereocenters. The Hall–Kier alpha value is -0.860. The fraction of sp³-hybridized carbons (Fsp3) is 0.600. The Morgan fingerprint density at radius 2 is 1.65 bits per heavy atom. The Bertz CT molecular complexity index is 354. The summed E-state index contributed by atoms with van der Waals surface area (Å²) in [5.74, 6) is 1.24. The summed E-state index contributed by atoms with van der Waals surface area (Å²) in [5.41, 5.74) is 8.84. The van der Waals surface area contributed by atoms with E-state index in [2.05, 4.69) is 38.1 Å². The normalized spacial score (nSPS) is 19.4. The van der Waals surface area contributed by atoms with E-state index in [9.17, 15) is 0 Å². The van der Waals surface area contributed by atoms with Gasteiger partial charge in [0.15, 0.2) is 0 Å². The lowest BCUT2D eigenvalue weighted by Crippen LogP contribution is -2.29. The van der Waals surface area contributed by atoms with Crippen LogP contribution in [0.4, 0.5) is 0 Å². The maximum Gasteiger partial charge on any atom is 0.0791 e. The highest BCUT2D eigenvalue weighted by Gasteiger charge is 2.35. The molecule has 0 heterocycles. The molecule has 94 valence electrons. The van der Waals surface area contributed by atoms with Crippen molar-refractivity contribution in [2.24, 2.45) is 11.7 Å². The Morgan fingerprint density at radius 1 is 1.12 bits per heavy atom. The van der Waals surface area contributed by atoms with Gasteiger partial charge in [0.2, 0.25) is 0 Å². The van der Waals surface area contributed by atoms with Crippen LogP contribution in [0.1, 0.15) is 49.8 Å². The van der Waals surface area contributed by atoms with Crippen molar-refractivity contribution in [2.75, 3.05) is 7.11 Å². The minimum Gasteiger partial charge on any atom is -0.379 e. The van der Waals surface area contributed by atoms with Crippen molar-refractivity contribution in [1.29, 1.82) is 0 Å². The predicted molar refractivity (Wildman–Crippen MR) is 71.0 cm³/mol. The lowest BCUT2D eigenvalue weighted by atomic mass is 9.95. The lowest BCUT2D eigenvalue weighted by molar-refractivity contribution is 0.0624. The fourth-order valence-electron chi connectivity index (χ4n) is 2.35. The topological polar surface area (TPSA) is 35.2 Å². The van der Waals surface area contributed by atoms with Gasteiger partial charge in [-0.2, -0.15) is 0 Å². The van der Waals surface area contributed by atoms with Crippen LogP contribution >= 0.6 is 0 Å². The van der Waals surface area contributed by atoms with Crippen molar-refractivity contribution in [1.82, 2.24) is 0 Å². The fourth-order valence-corrected chi connectivity index (χ4v) is 2.35. The van der Waals surface area contributed by atoms with E-state index in [1.54, 1.807) is 7.11 Å². The van der Waals surface area contributed by atoms with E-state index in [1.807, 2.05) is 0 Å². The molecule has 2 N–H and O–H groups in total. The third-order valence-corrected chi connectivity index (χ3v) is 3.70. The first-order valence-electron chi connectivity index (χ1n) is 6.51. The first kappa shape index (κ1) is 12.6. The molecule has 0 radical (unpaired) electrons. The van der Waals surface area contributed by atoms with Crippen LogP contribution in [0.15, 0.2) is 24.3 Å². The lowest BCUT2D eigenvalue weighted by Gasteiger charge is -2.23. The average Bonchev–Trinajstić information content (AvgIpc) is 3.14. The van der Waals surface area contributed by atoms with E-state index in [0.717, 1.165) is 0 Å². The molecular formula is C15H23NO. The van der Waals surface area contributed by atoms with Crippen molar-refractivity contribution in [3.63, 3.8) is 0 Å². The molecule has 1 saturated carbocycles. The summed E-state index contributed by atoms with van der Waals surface area (Å²) in [6.45, 7) is 4.41. The maximum atomic E-state index is 6.29. The molecule has 2 unspecified atom stereocenters. The first-order chi connectivity index (χ1) is 8.13. The predicted octanol–water partition coefficient (Wildman–Crippen LogP) is 3.23. The summed E-state index contributed by atoms with van der Waals surface area (Å²) in [4.78, 5) is 0. The molecule has 1 aliphatic carbocycles. The van der Waals surface area contributed by atoms with E-state index >= 15 is 0 Å². The minimum absolute atomic E-state index is 0.00807. The molecule has 0 aliphatic heterocycles. The van der Waals surface area contributed by atoms with Crippen molar-refractivity contribution in [3.8, 4) is 0 Å². The van der Waals surface area contributed by atoms with Crippen LogP contribution < -0.4 is 5.73 Å². The average molecular weight is 233 g/mol. The van der Waals surface area contributed by atoms with Crippen LogP contribution in [0.3, 0.4) is 0 Å². The van der Waals surface area contributed by atoms with Crippen LogP contribution in [-0.4, -0.2) is 13.2 Å². The van der Waals surface area contributed by atoms with Gasteiger partial charge in [0.25, 0.3) is 0 Å². The Labute approximate surface area is 104 Å². The second-order valence-electron chi connectivity index (χ2n) is 5.38. The van der Waals surface area contributed by atoms with Crippen LogP contribution in [0, 0.1) is 5.92 Å². The van der Waals surface area contributed by atoms with Gasteiger partial charge in [-0.1, -0.05) is 38.1 Å². The molecule has 1 aromatic rings. The van der Waals surface area contributed by atoms with Crippen molar-refractivity contribution in [2.45, 2.75) is 44.8 Å². The number of benzene rings is 1. The van der Waals surface area contributed by atoms with Crippen molar-refractivity contribution < 1.29 is 4.74 Å². The molecule has 1 aromatic carbocycles. The number of methoxy groups -OCH3 is 1. The number of nitrogens with two attached hydrogens (primary N) is 1. The third kappa shape index (κ3) is 2.88. The smallest absolute Gasteiger partial charge is 0.0791 e. The van der Waals surface area contributed by atoms with Crippen LogP contribution in [0.2, 0.25) is 0 Å². The maximum absolute atomic E-state index is 6.29. The van der Waals surface area contributed by atoms with E-state index in [-0.39, 0.29) is 12.1 Å². The van der Waals surface area contributed by atoms with Crippen molar-refractivity contribution in [3.05, 3.63) is 35.4 Å². The summed E-state index contributed by atoms with van der Waals surface area (Å²) in [5, 5.41) is 0. The van der Waals surface area contributed by atoms with E-state index in [1.165, 1.54) is 24.0 Å². The molecule has 2 rings (SSSR count). The summed E-state index contributed by atoms with van der Waals surface area (Å²) in [6.07, 6.45) is 2.70. The third-order valence-electron chi connectivity index (χ3n) is 3.70. The largest absolute Gasteiger partial charge is 0.379 e. The van der Waals surface area contributed by atoms with Crippen molar-refractivity contribution >= 4 is 0 Å². The highest BCUT2D eigenvalue weighted by Crippen LogP contribution is 2.38. The number of hydrogen-bond donors (Lipinski definition) is 1. The van der Waals surface area contributed by atoms with E-state index in [0.29, 0.717) is 11.8 Å². The molecule has 2 nitrogen and oxygen atoms in total. The molecule has 0 saturated heterocycles. The first-order valence-corrected chi connectivity index (χ1v) is 6.51. The van der Waals surface area contributed by atoms with E-state index < -0.39 is 0 Å². The zero-order valence-electron chi connectivity index (χ0n) is 11.0. The zero-order chi connectivity index (χ0) is 12.4. The molecule has 1 aliphatic rings. The number of rotatable bonds is 5. The SMILES string of the molecule is COC(C1CC1)C(N)c1ccc(C(C)C)cc1. The quantitative estimate of drug-likeness (QED) is 0.847. The molecule has 0 amide bonds. The monoisotopic (exact) mass is 233 g/mol. The highest BCUT2D eigenvalue weighted by atomic mass is 16.5. The minimum atomic E-state index is 0.00807. The molecule has 2 heteroatoms. The molecule has 1 fully saturated rings. The van der Waals surface area contributed by atoms with Gasteiger partial charge in [-0.25, -0.2) is 0 Å². The second-order valence-corrected chi connectivity index (χ2v) is 5.38. The van der Waals surface area contributed by atoms with Crippen LogP contribution in [0.25, 0.3) is 0 Å². The molecule has 0 spiro atoms. The van der Waals surface area contributed by atoms with E-state index in [4.69, 9.17) is 10.5 Å². The highest BCUT2D eigenvalue weighted by molar-refractivity contribution is 5.27. The zero-order valence-corrected chi connectivity index (χ0v) is 11.0. The Balaban J connectivity index is 2.10. The van der Waals surface area contributed by atoms with Gasteiger partial charge in [-0.3, -0.25) is 0 Å². The second kappa shape index (κ2) is 5.19. The molecule has 0 bridgehead atoms. The standard InChI is InChI=1S/C15H23NO/c1-10(2)11-4-6-12(7-5-11)14(16)15(17-3)13-8-9-13/h4-7,10,13-15H,8-9,16H2,1-3H3. The summed E-state index contributed by atoms with van der Waals surface area (Å²) in [7, 11) is 1.77. The molecule has 17 heavy (non-hydrogen) atoms. The van der Waals surface area contributed by atoms with Gasteiger partial charge >= 0.3 is 0 Å². The van der Waals surface area contributed by atoms with Gasteiger partial charge in [0, 0.05) is 7.11 Å². The van der Waals surface area contributed by atoms with Gasteiger partial charge in [0.1, 0.15) is 0 Å². The summed E-state index contributed by atoms with van der Waals surface area (Å²) in [6, 6.07) is 8.66. The Kier molecular flexibility index (Phi) is 3.85. The Morgan fingerprint density at radius 3 is 2.06 bits per heavy atom. The molecule has 0 aromatic heterocycles. The van der Waals surface area contributed by atoms with Gasteiger partial charge in [-0.05, 0) is 35.8 Å². The summed E-state index contributed by atoms with van der Waals surface area (Å²) >= 11 is 0. The number of ether oxygens (including phenoxy) is 1. The number of hydrogen-bond acceptors (Lipinski definition) is 2. The van der Waals surface area contributed by atoms with Gasteiger partial charge in [0.05, 0.1) is 12.1 Å². The molecular weight excluding hydrogens is 210 g/mol.